The summed E-state index contributed by atoms with van der Waals surface area (Å²) in [4.78, 5) is 16.7. The van der Waals surface area contributed by atoms with Gasteiger partial charge < -0.3 is 9.67 Å². The van der Waals surface area contributed by atoms with Crippen molar-refractivity contribution >= 4 is 28.3 Å². The van der Waals surface area contributed by atoms with Crippen LogP contribution < -0.4 is 0 Å². The van der Waals surface area contributed by atoms with Gasteiger partial charge in [0.1, 0.15) is 5.82 Å². The number of fused-ring (bicyclic) bond motifs is 1. The summed E-state index contributed by atoms with van der Waals surface area (Å²) in [5.74, 6) is 0.175. The first-order valence-corrected chi connectivity index (χ1v) is 7.20. The van der Waals surface area contributed by atoms with Crippen molar-refractivity contribution in [2.24, 2.45) is 7.05 Å². The number of rotatable bonds is 4. The van der Waals surface area contributed by atoms with E-state index in [0.29, 0.717) is 0 Å². The van der Waals surface area contributed by atoms with Crippen LogP contribution in [0.25, 0.3) is 11.0 Å². The molecule has 0 saturated heterocycles. The number of aromatic nitrogens is 2. The van der Waals surface area contributed by atoms with E-state index < -0.39 is 5.97 Å². The zero-order valence-corrected chi connectivity index (χ0v) is 11.9. The van der Waals surface area contributed by atoms with Gasteiger partial charge in [0.05, 0.1) is 17.5 Å². The average Bonchev–Trinajstić information content (AvgIpc) is 2.99. The van der Waals surface area contributed by atoms with Gasteiger partial charge in [-0.2, -0.15) is 0 Å². The van der Waals surface area contributed by atoms with Crippen LogP contribution >= 0.6 is 11.3 Å². The van der Waals surface area contributed by atoms with Crippen molar-refractivity contribution in [2.45, 2.75) is 12.8 Å². The van der Waals surface area contributed by atoms with Gasteiger partial charge in [-0.3, -0.25) is 4.79 Å². The largest absolute Gasteiger partial charge is 0.481 e. The summed E-state index contributed by atoms with van der Waals surface area (Å²) in [6.45, 7) is 0. The second-order valence-electron chi connectivity index (χ2n) is 4.74. The van der Waals surface area contributed by atoms with Crippen LogP contribution in [-0.4, -0.2) is 20.6 Å². The first-order valence-electron chi connectivity index (χ1n) is 6.32. The summed E-state index contributed by atoms with van der Waals surface area (Å²) in [6, 6.07) is 9.79. The molecule has 0 atom stereocenters. The SMILES string of the molecule is Cn1c(Cc2cccs2)nc2cc(CC(=O)O)ccc21. The number of thiophene rings is 1. The van der Waals surface area contributed by atoms with Crippen molar-refractivity contribution < 1.29 is 9.90 Å². The molecule has 2 aromatic heterocycles. The third-order valence-corrected chi connectivity index (χ3v) is 4.18. The Morgan fingerprint density at radius 2 is 2.25 bits per heavy atom. The molecular formula is C15H14N2O2S. The summed E-state index contributed by atoms with van der Waals surface area (Å²) in [5.41, 5.74) is 2.68. The van der Waals surface area contributed by atoms with E-state index in [0.717, 1.165) is 28.8 Å². The number of carboxylic acid groups (broad SMARTS) is 1. The third kappa shape index (κ3) is 2.44. The van der Waals surface area contributed by atoms with Crippen molar-refractivity contribution in [3.8, 4) is 0 Å². The molecule has 0 amide bonds. The van der Waals surface area contributed by atoms with E-state index in [2.05, 4.69) is 21.0 Å². The van der Waals surface area contributed by atoms with Gasteiger partial charge in [0.2, 0.25) is 0 Å². The highest BCUT2D eigenvalue weighted by Crippen LogP contribution is 2.20. The lowest BCUT2D eigenvalue weighted by molar-refractivity contribution is -0.136. The van der Waals surface area contributed by atoms with E-state index in [1.165, 1.54) is 4.88 Å². The predicted molar refractivity (Wildman–Crippen MR) is 79.2 cm³/mol. The maximum absolute atomic E-state index is 10.8. The second kappa shape index (κ2) is 5.09. The topological polar surface area (TPSA) is 55.1 Å². The molecular weight excluding hydrogens is 272 g/mol. The molecule has 2 heterocycles. The first kappa shape index (κ1) is 12.9. The summed E-state index contributed by atoms with van der Waals surface area (Å²) in [7, 11) is 2.00. The molecule has 3 aromatic rings. The normalized spacial score (nSPS) is 11.1. The van der Waals surface area contributed by atoms with Crippen LogP contribution in [0.4, 0.5) is 0 Å². The van der Waals surface area contributed by atoms with E-state index in [1.54, 1.807) is 11.3 Å². The second-order valence-corrected chi connectivity index (χ2v) is 5.77. The van der Waals surface area contributed by atoms with E-state index in [1.807, 2.05) is 31.3 Å². The highest BCUT2D eigenvalue weighted by Gasteiger charge is 2.10. The van der Waals surface area contributed by atoms with E-state index >= 15 is 0 Å². The van der Waals surface area contributed by atoms with Crippen molar-refractivity contribution in [3.63, 3.8) is 0 Å². The van der Waals surface area contributed by atoms with Gasteiger partial charge in [0.15, 0.2) is 0 Å². The van der Waals surface area contributed by atoms with Gasteiger partial charge in [-0.15, -0.1) is 11.3 Å². The van der Waals surface area contributed by atoms with Crippen LogP contribution in [0.2, 0.25) is 0 Å². The molecule has 0 aliphatic rings. The van der Waals surface area contributed by atoms with Gasteiger partial charge >= 0.3 is 5.97 Å². The Morgan fingerprint density at radius 1 is 1.40 bits per heavy atom. The number of aryl methyl sites for hydroxylation is 1. The first-order chi connectivity index (χ1) is 9.63. The average molecular weight is 286 g/mol. The lowest BCUT2D eigenvalue weighted by atomic mass is 10.1. The highest BCUT2D eigenvalue weighted by atomic mass is 32.1. The smallest absolute Gasteiger partial charge is 0.307 e. The van der Waals surface area contributed by atoms with Gasteiger partial charge in [-0.25, -0.2) is 4.98 Å². The molecule has 0 saturated carbocycles. The Morgan fingerprint density at radius 3 is 2.95 bits per heavy atom. The monoisotopic (exact) mass is 286 g/mol. The van der Waals surface area contributed by atoms with Gasteiger partial charge in [0, 0.05) is 18.3 Å². The highest BCUT2D eigenvalue weighted by molar-refractivity contribution is 7.09. The number of carbonyl (C=O) groups is 1. The van der Waals surface area contributed by atoms with Crippen LogP contribution in [0.5, 0.6) is 0 Å². The molecule has 3 rings (SSSR count). The number of benzene rings is 1. The van der Waals surface area contributed by atoms with Crippen molar-refractivity contribution in [1.29, 1.82) is 0 Å². The molecule has 4 nitrogen and oxygen atoms in total. The van der Waals surface area contributed by atoms with Crippen LogP contribution in [0.1, 0.15) is 16.3 Å². The molecule has 20 heavy (non-hydrogen) atoms. The summed E-state index contributed by atoms with van der Waals surface area (Å²) in [5, 5.41) is 10.9. The predicted octanol–water partition coefficient (Wildman–Crippen LogP) is 2.85. The minimum absolute atomic E-state index is 0.0345. The van der Waals surface area contributed by atoms with Crippen LogP contribution in [0.15, 0.2) is 35.7 Å². The summed E-state index contributed by atoms with van der Waals surface area (Å²) >= 11 is 1.72. The van der Waals surface area contributed by atoms with Crippen LogP contribution in [0.3, 0.4) is 0 Å². The summed E-state index contributed by atoms with van der Waals surface area (Å²) < 4.78 is 2.07. The number of nitrogens with zero attached hydrogens (tertiary/aromatic N) is 2. The fourth-order valence-electron chi connectivity index (χ4n) is 2.31. The Labute approximate surface area is 120 Å². The van der Waals surface area contributed by atoms with Crippen LogP contribution in [-0.2, 0) is 24.7 Å². The Bertz CT molecular complexity index is 760. The maximum atomic E-state index is 10.8. The molecule has 102 valence electrons. The molecule has 0 radical (unpaired) electrons. The minimum Gasteiger partial charge on any atom is -0.481 e. The minimum atomic E-state index is -0.820. The lowest BCUT2D eigenvalue weighted by Gasteiger charge is -2.01. The van der Waals surface area contributed by atoms with Crippen molar-refractivity contribution in [1.82, 2.24) is 9.55 Å². The molecule has 0 aliphatic heterocycles. The van der Waals surface area contributed by atoms with Gasteiger partial charge in [0.25, 0.3) is 0 Å². The number of imidazole rings is 1. The Kier molecular flexibility index (Phi) is 3.28. The molecule has 0 bridgehead atoms. The zero-order chi connectivity index (χ0) is 14.1. The standard InChI is InChI=1S/C15H14N2O2S/c1-17-13-5-4-10(8-15(18)19)7-12(13)16-14(17)9-11-3-2-6-20-11/h2-7H,8-9H2,1H3,(H,18,19). The van der Waals surface area contributed by atoms with Gasteiger partial charge in [-0.05, 0) is 29.1 Å². The lowest BCUT2D eigenvalue weighted by Crippen LogP contribution is -1.99. The molecule has 0 spiro atoms. The van der Waals surface area contributed by atoms with Crippen molar-refractivity contribution in [2.75, 3.05) is 0 Å². The number of carboxylic acids is 1. The van der Waals surface area contributed by atoms with E-state index in [-0.39, 0.29) is 6.42 Å². The zero-order valence-electron chi connectivity index (χ0n) is 11.0. The number of hydrogen-bond acceptors (Lipinski definition) is 3. The summed E-state index contributed by atoms with van der Waals surface area (Å²) in [6.07, 6.45) is 0.837. The molecule has 1 N–H and O–H groups in total. The molecule has 5 heteroatoms. The fourth-order valence-corrected chi connectivity index (χ4v) is 3.01. The van der Waals surface area contributed by atoms with Gasteiger partial charge in [-0.1, -0.05) is 12.1 Å². The fraction of sp³-hybridized carbons (Fsp3) is 0.200. The Balaban J connectivity index is 1.98. The van der Waals surface area contributed by atoms with E-state index in [4.69, 9.17) is 5.11 Å². The van der Waals surface area contributed by atoms with Crippen LogP contribution in [0, 0.1) is 0 Å². The molecule has 0 unspecified atom stereocenters. The maximum Gasteiger partial charge on any atom is 0.307 e. The van der Waals surface area contributed by atoms with E-state index in [9.17, 15) is 4.79 Å². The number of hydrogen-bond donors (Lipinski definition) is 1. The van der Waals surface area contributed by atoms with Crippen molar-refractivity contribution in [3.05, 3.63) is 52.0 Å². The molecule has 0 fully saturated rings. The number of aliphatic carboxylic acids is 1. The molecule has 0 aliphatic carbocycles. The Hall–Kier alpha value is -2.14. The quantitative estimate of drug-likeness (QED) is 0.802. The molecule has 1 aromatic carbocycles. The third-order valence-electron chi connectivity index (χ3n) is 3.31.